The van der Waals surface area contributed by atoms with E-state index in [0.29, 0.717) is 34.3 Å². The Morgan fingerprint density at radius 2 is 1.96 bits per heavy atom. The van der Waals surface area contributed by atoms with Gasteiger partial charge in [-0.05, 0) is 25.0 Å². The molecular formula is C19H20ClFN2O3. The Bertz CT molecular complexity index is 815. The van der Waals surface area contributed by atoms with Crippen molar-refractivity contribution in [3.8, 4) is 11.5 Å². The van der Waals surface area contributed by atoms with Gasteiger partial charge in [0.2, 0.25) is 0 Å². The van der Waals surface area contributed by atoms with E-state index in [1.54, 1.807) is 35.2 Å². The predicted molar refractivity (Wildman–Crippen MR) is 98.7 cm³/mol. The van der Waals surface area contributed by atoms with Crippen LogP contribution in [0.25, 0.3) is 0 Å². The number of carbonyl (C=O) groups excluding carboxylic acids is 1. The molecule has 1 aliphatic rings. The Hall–Kier alpha value is -2.47. The molecule has 1 aliphatic heterocycles. The number of methoxy groups -OCH3 is 2. The summed E-state index contributed by atoms with van der Waals surface area (Å²) in [5.41, 5.74) is 0.961. The van der Waals surface area contributed by atoms with Gasteiger partial charge in [0.25, 0.3) is 0 Å². The molecule has 0 radical (unpaired) electrons. The van der Waals surface area contributed by atoms with Crippen LogP contribution in [0.1, 0.15) is 24.4 Å². The quantitative estimate of drug-likeness (QED) is 0.826. The van der Waals surface area contributed by atoms with E-state index in [-0.39, 0.29) is 17.9 Å². The summed E-state index contributed by atoms with van der Waals surface area (Å²) in [6.45, 7) is 0.553. The number of rotatable bonds is 4. The summed E-state index contributed by atoms with van der Waals surface area (Å²) in [6, 6.07) is 9.11. The van der Waals surface area contributed by atoms with E-state index in [9.17, 15) is 9.18 Å². The van der Waals surface area contributed by atoms with Crippen molar-refractivity contribution in [3.05, 3.63) is 52.8 Å². The first-order chi connectivity index (χ1) is 12.5. The number of hydrogen-bond acceptors (Lipinski definition) is 3. The lowest BCUT2D eigenvalue weighted by atomic mass is 10.0. The predicted octanol–water partition coefficient (Wildman–Crippen LogP) is 4.87. The first-order valence-corrected chi connectivity index (χ1v) is 8.66. The van der Waals surface area contributed by atoms with Crippen molar-refractivity contribution in [1.29, 1.82) is 0 Å². The Morgan fingerprint density at radius 1 is 1.23 bits per heavy atom. The highest BCUT2D eigenvalue weighted by Crippen LogP contribution is 2.38. The van der Waals surface area contributed by atoms with Crippen molar-refractivity contribution in [1.82, 2.24) is 4.90 Å². The Balaban J connectivity index is 1.84. The van der Waals surface area contributed by atoms with E-state index in [1.807, 2.05) is 0 Å². The van der Waals surface area contributed by atoms with Crippen molar-refractivity contribution in [3.63, 3.8) is 0 Å². The molecule has 0 saturated carbocycles. The zero-order chi connectivity index (χ0) is 18.7. The molecule has 1 N–H and O–H groups in total. The lowest BCUT2D eigenvalue weighted by Crippen LogP contribution is -2.34. The third-order valence-electron chi connectivity index (χ3n) is 4.49. The topological polar surface area (TPSA) is 50.8 Å². The fourth-order valence-corrected chi connectivity index (χ4v) is 3.46. The largest absolute Gasteiger partial charge is 0.495 e. The van der Waals surface area contributed by atoms with E-state index in [2.05, 4.69) is 5.32 Å². The van der Waals surface area contributed by atoms with Gasteiger partial charge in [0, 0.05) is 18.2 Å². The molecule has 1 fully saturated rings. The number of nitrogens with one attached hydrogen (secondary N) is 1. The van der Waals surface area contributed by atoms with Crippen LogP contribution < -0.4 is 14.8 Å². The van der Waals surface area contributed by atoms with Crippen LogP contribution in [0, 0.1) is 5.82 Å². The molecule has 26 heavy (non-hydrogen) atoms. The Kier molecular flexibility index (Phi) is 5.52. The number of amides is 2. The second-order valence-corrected chi connectivity index (χ2v) is 6.40. The minimum atomic E-state index is -0.324. The number of hydrogen-bond donors (Lipinski definition) is 1. The second kappa shape index (κ2) is 7.83. The first-order valence-electron chi connectivity index (χ1n) is 8.28. The molecule has 138 valence electrons. The number of ether oxygens (including phenoxy) is 2. The maximum absolute atomic E-state index is 14.2. The fraction of sp³-hybridized carbons (Fsp3) is 0.316. The van der Waals surface area contributed by atoms with Crippen LogP contribution in [0.4, 0.5) is 14.9 Å². The molecule has 7 heteroatoms. The van der Waals surface area contributed by atoms with Crippen LogP contribution in [-0.4, -0.2) is 31.7 Å². The number of nitrogens with zero attached hydrogens (tertiary/aromatic N) is 1. The zero-order valence-corrected chi connectivity index (χ0v) is 15.3. The van der Waals surface area contributed by atoms with Crippen molar-refractivity contribution < 1.29 is 18.7 Å². The summed E-state index contributed by atoms with van der Waals surface area (Å²) in [4.78, 5) is 14.4. The van der Waals surface area contributed by atoms with Crippen molar-refractivity contribution >= 4 is 23.3 Å². The van der Waals surface area contributed by atoms with Crippen LogP contribution in [-0.2, 0) is 0 Å². The molecule has 0 unspecified atom stereocenters. The molecule has 0 bridgehead atoms. The molecular weight excluding hydrogens is 359 g/mol. The van der Waals surface area contributed by atoms with Gasteiger partial charge in [-0.3, -0.25) is 0 Å². The number of anilines is 1. The molecule has 0 aromatic heterocycles. The Morgan fingerprint density at radius 3 is 2.65 bits per heavy atom. The van der Waals surface area contributed by atoms with Gasteiger partial charge in [-0.25, -0.2) is 9.18 Å². The van der Waals surface area contributed by atoms with Gasteiger partial charge in [-0.2, -0.15) is 0 Å². The molecule has 2 aromatic carbocycles. The lowest BCUT2D eigenvalue weighted by molar-refractivity contribution is 0.206. The molecule has 3 rings (SSSR count). The molecule has 0 spiro atoms. The minimum absolute atomic E-state index is 0.295. The van der Waals surface area contributed by atoms with Crippen LogP contribution in [0.3, 0.4) is 0 Å². The number of halogens is 2. The van der Waals surface area contributed by atoms with Crippen molar-refractivity contribution in [2.75, 3.05) is 26.1 Å². The summed E-state index contributed by atoms with van der Waals surface area (Å²) in [5.74, 6) is 0.579. The van der Waals surface area contributed by atoms with Crippen LogP contribution >= 0.6 is 11.6 Å². The zero-order valence-electron chi connectivity index (χ0n) is 14.6. The third kappa shape index (κ3) is 3.55. The van der Waals surface area contributed by atoms with Gasteiger partial charge in [-0.15, -0.1) is 0 Å². The molecule has 1 atom stereocenters. The number of carbonyl (C=O) groups is 1. The van der Waals surface area contributed by atoms with E-state index < -0.39 is 0 Å². The number of urea groups is 1. The van der Waals surface area contributed by atoms with E-state index in [4.69, 9.17) is 21.1 Å². The van der Waals surface area contributed by atoms with Gasteiger partial charge in [0.05, 0.1) is 31.0 Å². The van der Waals surface area contributed by atoms with Gasteiger partial charge in [0.15, 0.2) is 0 Å². The van der Waals surface area contributed by atoms with Gasteiger partial charge in [-0.1, -0.05) is 29.8 Å². The smallest absolute Gasteiger partial charge is 0.322 e. The normalized spacial score (nSPS) is 16.5. The maximum atomic E-state index is 14.2. The maximum Gasteiger partial charge on any atom is 0.322 e. The van der Waals surface area contributed by atoms with E-state index in [1.165, 1.54) is 20.3 Å². The Labute approximate surface area is 156 Å². The monoisotopic (exact) mass is 378 g/mol. The van der Waals surface area contributed by atoms with Crippen LogP contribution in [0.2, 0.25) is 5.02 Å². The van der Waals surface area contributed by atoms with Gasteiger partial charge >= 0.3 is 6.03 Å². The van der Waals surface area contributed by atoms with Gasteiger partial charge in [0.1, 0.15) is 17.3 Å². The molecule has 1 heterocycles. The summed E-state index contributed by atoms with van der Waals surface area (Å²) in [7, 11) is 3.00. The highest BCUT2D eigenvalue weighted by Gasteiger charge is 2.32. The highest BCUT2D eigenvalue weighted by molar-refractivity contribution is 6.32. The van der Waals surface area contributed by atoms with Crippen LogP contribution in [0.5, 0.6) is 11.5 Å². The molecule has 5 nitrogen and oxygen atoms in total. The molecule has 0 aliphatic carbocycles. The summed E-state index contributed by atoms with van der Waals surface area (Å²) < 4.78 is 24.6. The van der Waals surface area contributed by atoms with Crippen LogP contribution in [0.15, 0.2) is 36.4 Å². The number of benzene rings is 2. The van der Waals surface area contributed by atoms with E-state index >= 15 is 0 Å². The molecule has 2 aromatic rings. The summed E-state index contributed by atoms with van der Waals surface area (Å²) >= 11 is 6.15. The van der Waals surface area contributed by atoms with E-state index in [0.717, 1.165) is 12.8 Å². The average Bonchev–Trinajstić information content (AvgIpc) is 3.12. The first kappa shape index (κ1) is 18.3. The number of likely N-dealkylation sites (tertiary alicyclic amines) is 1. The average molecular weight is 379 g/mol. The molecule has 2 amide bonds. The molecule has 1 saturated heterocycles. The highest BCUT2D eigenvalue weighted by atomic mass is 35.5. The SMILES string of the molecule is COc1cc(OC)c(NC(=O)N2CCC[C@H]2c2ccccc2F)cc1Cl. The van der Waals surface area contributed by atoms with Gasteiger partial charge < -0.3 is 19.7 Å². The van der Waals surface area contributed by atoms with Crippen molar-refractivity contribution in [2.45, 2.75) is 18.9 Å². The van der Waals surface area contributed by atoms with Crippen molar-refractivity contribution in [2.24, 2.45) is 0 Å². The summed E-state index contributed by atoms with van der Waals surface area (Å²) in [6.07, 6.45) is 1.53. The minimum Gasteiger partial charge on any atom is -0.495 e. The standard InChI is InChI=1S/C19H20ClFN2O3/c1-25-17-11-18(26-2)15(10-13(17)20)22-19(24)23-9-5-8-16(23)12-6-3-4-7-14(12)21/h3-4,6-7,10-11,16H,5,8-9H2,1-2H3,(H,22,24)/t16-/m0/s1. The second-order valence-electron chi connectivity index (χ2n) is 5.99. The summed E-state index contributed by atoms with van der Waals surface area (Å²) in [5, 5.41) is 3.17. The fourth-order valence-electron chi connectivity index (χ4n) is 3.22. The lowest BCUT2D eigenvalue weighted by Gasteiger charge is -2.26. The third-order valence-corrected chi connectivity index (χ3v) is 4.79.